The van der Waals surface area contributed by atoms with Crippen LogP contribution in [0.2, 0.25) is 0 Å². The number of benzene rings is 1. The third-order valence-electron chi connectivity index (χ3n) is 3.45. The van der Waals surface area contributed by atoms with Crippen molar-refractivity contribution in [1.82, 2.24) is 0 Å². The summed E-state index contributed by atoms with van der Waals surface area (Å²) in [5, 5.41) is 0. The molecule has 104 valence electrons. The van der Waals surface area contributed by atoms with Crippen LogP contribution in [-0.2, 0) is 19.0 Å². The van der Waals surface area contributed by atoms with Gasteiger partial charge in [0.25, 0.3) is 0 Å². The van der Waals surface area contributed by atoms with Gasteiger partial charge in [0.05, 0.1) is 10.4 Å². The quantitative estimate of drug-likeness (QED) is 0.746. The van der Waals surface area contributed by atoms with Crippen LogP contribution in [0.25, 0.3) is 0 Å². The zero-order chi connectivity index (χ0) is 14.3. The molecule has 1 aromatic heterocycles. The number of fused-ring (bicyclic) bond motifs is 1. The normalized spacial score (nSPS) is 14.3. The second-order valence-corrected chi connectivity index (χ2v) is 5.92. The summed E-state index contributed by atoms with van der Waals surface area (Å²) in [5.41, 5.74) is -0.0127. The van der Waals surface area contributed by atoms with Crippen molar-refractivity contribution >= 4 is 17.1 Å². The van der Waals surface area contributed by atoms with E-state index in [0.29, 0.717) is 4.88 Å². The van der Waals surface area contributed by atoms with E-state index in [4.69, 9.17) is 0 Å². The molecule has 0 aliphatic heterocycles. The molecule has 2 aromatic rings. The predicted molar refractivity (Wildman–Crippen MR) is 71.2 cm³/mol. The maximum atomic E-state index is 12.9. The Kier molecular flexibility index (Phi) is 3.17. The fraction of sp³-hybridized carbons (Fsp3) is 0.267. The molecule has 0 unspecified atom stereocenters. The highest BCUT2D eigenvalue weighted by Gasteiger charge is 2.35. The lowest BCUT2D eigenvalue weighted by atomic mass is 10.0. The van der Waals surface area contributed by atoms with Crippen molar-refractivity contribution < 1.29 is 18.0 Å². The molecule has 0 amide bonds. The first-order valence-corrected chi connectivity index (χ1v) is 7.11. The first-order valence-electron chi connectivity index (χ1n) is 6.29. The number of aryl methyl sites for hydroxylation is 2. The number of thiophene rings is 1. The van der Waals surface area contributed by atoms with Crippen molar-refractivity contribution in [3.63, 3.8) is 0 Å². The number of alkyl halides is 3. The van der Waals surface area contributed by atoms with Crippen molar-refractivity contribution in [2.75, 3.05) is 0 Å². The van der Waals surface area contributed by atoms with Gasteiger partial charge >= 0.3 is 6.18 Å². The second-order valence-electron chi connectivity index (χ2n) is 4.79. The van der Waals surface area contributed by atoms with Crippen LogP contribution in [-0.4, -0.2) is 5.78 Å². The summed E-state index contributed by atoms with van der Waals surface area (Å²) in [6.45, 7) is 0. The monoisotopic (exact) mass is 296 g/mol. The Morgan fingerprint density at radius 1 is 1.15 bits per heavy atom. The van der Waals surface area contributed by atoms with Gasteiger partial charge < -0.3 is 0 Å². The van der Waals surface area contributed by atoms with Gasteiger partial charge in [-0.2, -0.15) is 13.2 Å². The third kappa shape index (κ3) is 2.26. The zero-order valence-electron chi connectivity index (χ0n) is 10.5. The minimum Gasteiger partial charge on any atom is -0.288 e. The van der Waals surface area contributed by atoms with E-state index in [0.717, 1.165) is 35.8 Å². The smallest absolute Gasteiger partial charge is 0.288 e. The van der Waals surface area contributed by atoms with Gasteiger partial charge in [0, 0.05) is 10.4 Å². The topological polar surface area (TPSA) is 17.1 Å². The average molecular weight is 296 g/mol. The molecule has 1 heterocycles. The van der Waals surface area contributed by atoms with Crippen molar-refractivity contribution in [3.8, 4) is 0 Å². The first-order chi connectivity index (χ1) is 9.47. The Hall–Kier alpha value is -1.62. The molecular weight excluding hydrogens is 285 g/mol. The van der Waals surface area contributed by atoms with Crippen molar-refractivity contribution in [2.45, 2.75) is 25.4 Å². The Morgan fingerprint density at radius 3 is 2.60 bits per heavy atom. The van der Waals surface area contributed by atoms with E-state index in [2.05, 4.69) is 0 Å². The van der Waals surface area contributed by atoms with Gasteiger partial charge in [-0.25, -0.2) is 0 Å². The van der Waals surface area contributed by atoms with Crippen LogP contribution in [0.3, 0.4) is 0 Å². The highest BCUT2D eigenvalue weighted by Crippen LogP contribution is 2.36. The lowest BCUT2D eigenvalue weighted by Gasteiger charge is -2.10. The number of carbonyl (C=O) groups is 1. The van der Waals surface area contributed by atoms with Gasteiger partial charge in [-0.3, -0.25) is 4.79 Å². The molecule has 0 atom stereocenters. The fourth-order valence-corrected chi connectivity index (χ4v) is 3.71. The highest BCUT2D eigenvalue weighted by molar-refractivity contribution is 7.14. The minimum atomic E-state index is -4.51. The fourth-order valence-electron chi connectivity index (χ4n) is 2.50. The molecular formula is C15H11F3OS. The Balaban J connectivity index is 2.02. The van der Waals surface area contributed by atoms with Crippen LogP contribution in [0, 0.1) is 0 Å². The number of hydrogen-bond donors (Lipinski definition) is 0. The van der Waals surface area contributed by atoms with Crippen LogP contribution >= 0.6 is 11.3 Å². The molecule has 3 rings (SSSR count). The SMILES string of the molecule is O=C(c1cc2c(s1)CCC2)c1ccccc1C(F)(F)F. The Labute approximate surface area is 118 Å². The summed E-state index contributed by atoms with van der Waals surface area (Å²) in [6, 6.07) is 6.71. The lowest BCUT2D eigenvalue weighted by Crippen LogP contribution is -2.13. The molecule has 0 saturated carbocycles. The molecule has 1 aromatic carbocycles. The summed E-state index contributed by atoms with van der Waals surface area (Å²) in [4.78, 5) is 13.9. The van der Waals surface area contributed by atoms with Crippen molar-refractivity contribution in [2.24, 2.45) is 0 Å². The van der Waals surface area contributed by atoms with Crippen LogP contribution in [0.5, 0.6) is 0 Å². The van der Waals surface area contributed by atoms with E-state index in [1.807, 2.05) is 0 Å². The maximum Gasteiger partial charge on any atom is 0.417 e. The van der Waals surface area contributed by atoms with Gasteiger partial charge in [-0.15, -0.1) is 11.3 Å². The molecule has 5 heteroatoms. The maximum absolute atomic E-state index is 12.9. The van der Waals surface area contributed by atoms with E-state index < -0.39 is 17.5 Å². The summed E-state index contributed by atoms with van der Waals surface area (Å²) >= 11 is 1.33. The van der Waals surface area contributed by atoms with Crippen LogP contribution in [0.1, 0.15) is 37.7 Å². The Bertz CT molecular complexity index is 648. The summed E-state index contributed by atoms with van der Waals surface area (Å²) < 4.78 is 38.8. The largest absolute Gasteiger partial charge is 0.417 e. The van der Waals surface area contributed by atoms with Gasteiger partial charge in [0.1, 0.15) is 0 Å². The minimum absolute atomic E-state index is 0.264. The molecule has 1 aliphatic rings. The molecule has 1 aliphatic carbocycles. The van der Waals surface area contributed by atoms with Gasteiger partial charge in [0.2, 0.25) is 5.78 Å². The van der Waals surface area contributed by atoms with Crippen molar-refractivity contribution in [3.05, 3.63) is 56.8 Å². The van der Waals surface area contributed by atoms with E-state index in [9.17, 15) is 18.0 Å². The average Bonchev–Trinajstić information content (AvgIpc) is 2.97. The molecule has 20 heavy (non-hydrogen) atoms. The molecule has 0 bridgehead atoms. The molecule has 0 fully saturated rings. The highest BCUT2D eigenvalue weighted by atomic mass is 32.1. The molecule has 0 N–H and O–H groups in total. The van der Waals surface area contributed by atoms with Gasteiger partial charge in [-0.05, 0) is 37.0 Å². The van der Waals surface area contributed by atoms with E-state index in [1.54, 1.807) is 6.07 Å². The van der Waals surface area contributed by atoms with Crippen LogP contribution in [0.15, 0.2) is 30.3 Å². The van der Waals surface area contributed by atoms with Gasteiger partial charge in [0.15, 0.2) is 0 Å². The standard InChI is InChI=1S/C15H11F3OS/c16-15(17,18)11-6-2-1-5-10(11)14(19)13-8-9-4-3-7-12(9)20-13/h1-2,5-6,8H,3-4,7H2. The second kappa shape index (κ2) is 4.74. The van der Waals surface area contributed by atoms with Crippen molar-refractivity contribution in [1.29, 1.82) is 0 Å². The zero-order valence-corrected chi connectivity index (χ0v) is 11.3. The van der Waals surface area contributed by atoms with E-state index in [1.165, 1.54) is 29.5 Å². The number of rotatable bonds is 2. The Morgan fingerprint density at radius 2 is 1.90 bits per heavy atom. The first kappa shape index (κ1) is 13.4. The predicted octanol–water partition coefficient (Wildman–Crippen LogP) is 4.49. The number of halogens is 3. The van der Waals surface area contributed by atoms with Crippen LogP contribution < -0.4 is 0 Å². The van der Waals surface area contributed by atoms with Crippen LogP contribution in [0.4, 0.5) is 13.2 Å². The molecule has 0 spiro atoms. The number of hydrogen-bond acceptors (Lipinski definition) is 2. The van der Waals surface area contributed by atoms with E-state index >= 15 is 0 Å². The summed E-state index contributed by atoms with van der Waals surface area (Å²) in [7, 11) is 0. The van der Waals surface area contributed by atoms with E-state index in [-0.39, 0.29) is 5.56 Å². The van der Waals surface area contributed by atoms with Gasteiger partial charge in [-0.1, -0.05) is 18.2 Å². The lowest BCUT2D eigenvalue weighted by molar-refractivity contribution is -0.137. The summed E-state index contributed by atoms with van der Waals surface area (Å²) in [6.07, 6.45) is -1.60. The molecule has 0 saturated heterocycles. The molecule has 0 radical (unpaired) electrons. The summed E-state index contributed by atoms with van der Waals surface area (Å²) in [5.74, 6) is -0.530. The number of carbonyl (C=O) groups excluding carboxylic acids is 1. The third-order valence-corrected chi connectivity index (χ3v) is 4.68. The molecule has 1 nitrogen and oxygen atoms in total. The number of ketones is 1.